The number of rotatable bonds is 3. The third kappa shape index (κ3) is 3.94. The number of benzene rings is 1. The van der Waals surface area contributed by atoms with Gasteiger partial charge >= 0.3 is 0 Å². The van der Waals surface area contributed by atoms with Crippen molar-refractivity contribution in [3.63, 3.8) is 0 Å². The number of hydrogen-bond donors (Lipinski definition) is 1. The number of hydrogen-bond acceptors (Lipinski definition) is 2. The first-order chi connectivity index (χ1) is 9.39. The fourth-order valence-electron chi connectivity index (χ4n) is 2.91. The summed E-state index contributed by atoms with van der Waals surface area (Å²) < 4.78 is 13.9. The van der Waals surface area contributed by atoms with Crippen LogP contribution in [0.1, 0.15) is 38.7 Å². The molecule has 1 atom stereocenters. The maximum absolute atomic E-state index is 13.9. The van der Waals surface area contributed by atoms with Gasteiger partial charge in [-0.05, 0) is 57.4 Å². The molecule has 20 heavy (non-hydrogen) atoms. The Morgan fingerprint density at radius 1 is 1.35 bits per heavy atom. The number of aliphatic hydroxyl groups is 1. The first-order valence-electron chi connectivity index (χ1n) is 7.30. The van der Waals surface area contributed by atoms with Crippen LogP contribution in [0.25, 0.3) is 0 Å². The molecule has 2 nitrogen and oxygen atoms in total. The zero-order valence-electron chi connectivity index (χ0n) is 12.2. The van der Waals surface area contributed by atoms with Crippen LogP contribution in [0.5, 0.6) is 0 Å². The molecule has 1 heterocycles. The Labute approximate surface area is 125 Å². The van der Waals surface area contributed by atoms with Gasteiger partial charge in [-0.15, -0.1) is 0 Å². The summed E-state index contributed by atoms with van der Waals surface area (Å²) in [4.78, 5) is 2.37. The average molecular weight is 300 g/mol. The molecule has 1 saturated heterocycles. The lowest BCUT2D eigenvalue weighted by molar-refractivity contribution is 0.0241. The Morgan fingerprint density at radius 2 is 2.10 bits per heavy atom. The van der Waals surface area contributed by atoms with Crippen LogP contribution in [0.2, 0.25) is 5.02 Å². The molecule has 1 unspecified atom stereocenters. The van der Waals surface area contributed by atoms with Crippen LogP contribution < -0.4 is 0 Å². The molecular weight excluding hydrogens is 277 g/mol. The van der Waals surface area contributed by atoms with Gasteiger partial charge in [-0.3, -0.25) is 0 Å². The van der Waals surface area contributed by atoms with Crippen LogP contribution in [0, 0.1) is 5.82 Å². The normalized spacial score (nSPS) is 24.9. The fourth-order valence-corrected chi connectivity index (χ4v) is 3.07. The van der Waals surface area contributed by atoms with E-state index >= 15 is 0 Å². The van der Waals surface area contributed by atoms with Crippen molar-refractivity contribution in [1.29, 1.82) is 0 Å². The van der Waals surface area contributed by atoms with Crippen molar-refractivity contribution in [2.24, 2.45) is 0 Å². The van der Waals surface area contributed by atoms with Gasteiger partial charge in [0.1, 0.15) is 5.82 Å². The van der Waals surface area contributed by atoms with Gasteiger partial charge in [-0.1, -0.05) is 17.7 Å². The van der Waals surface area contributed by atoms with Crippen LogP contribution >= 0.6 is 11.6 Å². The van der Waals surface area contributed by atoms with Crippen molar-refractivity contribution in [3.05, 3.63) is 34.6 Å². The third-order valence-electron chi connectivity index (χ3n) is 4.22. The molecule has 0 saturated carbocycles. The van der Waals surface area contributed by atoms with Crippen LogP contribution in [0.3, 0.4) is 0 Å². The lowest BCUT2D eigenvalue weighted by Gasteiger charge is -2.28. The molecule has 1 aliphatic heterocycles. The van der Waals surface area contributed by atoms with Gasteiger partial charge in [0.25, 0.3) is 0 Å². The minimum Gasteiger partial charge on any atom is -0.389 e. The second-order valence-corrected chi connectivity index (χ2v) is 6.56. The second kappa shape index (κ2) is 6.42. The van der Waals surface area contributed by atoms with E-state index in [9.17, 15) is 9.50 Å². The molecular formula is C16H23ClFNO. The molecule has 112 valence electrons. The molecule has 0 aromatic heterocycles. The second-order valence-electron chi connectivity index (χ2n) is 6.12. The Balaban J connectivity index is 2.07. The summed E-state index contributed by atoms with van der Waals surface area (Å²) in [5.41, 5.74) is -0.256. The standard InChI is InChI=1S/C16H23ClFNO/c1-12(2)19-8-3-6-16(20,7-9-19)11-13-4-5-14(17)10-15(13)18/h4-5,10,12,20H,3,6-9,11H2,1-2H3. The van der Waals surface area contributed by atoms with Gasteiger partial charge in [-0.25, -0.2) is 4.39 Å². The van der Waals surface area contributed by atoms with E-state index in [1.165, 1.54) is 6.07 Å². The van der Waals surface area contributed by atoms with Crippen LogP contribution in [0.15, 0.2) is 18.2 Å². The van der Waals surface area contributed by atoms with Crippen LogP contribution in [-0.2, 0) is 6.42 Å². The van der Waals surface area contributed by atoms with Crippen LogP contribution in [-0.4, -0.2) is 34.7 Å². The highest BCUT2D eigenvalue weighted by atomic mass is 35.5. The maximum atomic E-state index is 13.9. The Hall–Kier alpha value is -0.640. The van der Waals surface area contributed by atoms with E-state index < -0.39 is 5.60 Å². The van der Waals surface area contributed by atoms with E-state index in [-0.39, 0.29) is 5.82 Å². The summed E-state index contributed by atoms with van der Waals surface area (Å²) in [6.45, 7) is 6.21. The van der Waals surface area contributed by atoms with Crippen molar-refractivity contribution in [2.45, 2.75) is 51.2 Å². The fraction of sp³-hybridized carbons (Fsp3) is 0.625. The van der Waals surface area contributed by atoms with Gasteiger partial charge in [0.2, 0.25) is 0 Å². The average Bonchev–Trinajstić information content (AvgIpc) is 2.55. The molecule has 0 spiro atoms. The van der Waals surface area contributed by atoms with E-state index in [4.69, 9.17) is 11.6 Å². The number of nitrogens with zero attached hydrogens (tertiary/aromatic N) is 1. The molecule has 1 aliphatic rings. The molecule has 0 aliphatic carbocycles. The minimum atomic E-state index is -0.807. The molecule has 1 aromatic carbocycles. The smallest absolute Gasteiger partial charge is 0.127 e. The lowest BCUT2D eigenvalue weighted by Crippen LogP contribution is -2.35. The number of likely N-dealkylation sites (tertiary alicyclic amines) is 1. The van der Waals surface area contributed by atoms with E-state index in [2.05, 4.69) is 18.7 Å². The molecule has 0 bridgehead atoms. The highest BCUT2D eigenvalue weighted by molar-refractivity contribution is 6.30. The van der Waals surface area contributed by atoms with Gasteiger partial charge < -0.3 is 10.0 Å². The van der Waals surface area contributed by atoms with E-state index in [1.807, 2.05) is 0 Å². The molecule has 1 aromatic rings. The highest BCUT2D eigenvalue weighted by Gasteiger charge is 2.31. The molecule has 1 N–H and O–H groups in total. The third-order valence-corrected chi connectivity index (χ3v) is 4.45. The Kier molecular flexibility index (Phi) is 5.05. The number of halogens is 2. The van der Waals surface area contributed by atoms with Crippen molar-refractivity contribution < 1.29 is 9.50 Å². The largest absolute Gasteiger partial charge is 0.389 e. The van der Waals surface area contributed by atoms with Gasteiger partial charge in [0.15, 0.2) is 0 Å². The molecule has 2 rings (SSSR count). The predicted octanol–water partition coefficient (Wildman–Crippen LogP) is 3.65. The van der Waals surface area contributed by atoms with Crippen molar-refractivity contribution in [1.82, 2.24) is 4.90 Å². The predicted molar refractivity (Wildman–Crippen MR) is 80.6 cm³/mol. The summed E-state index contributed by atoms with van der Waals surface area (Å²) in [5.74, 6) is -0.323. The van der Waals surface area contributed by atoms with E-state index in [1.54, 1.807) is 12.1 Å². The highest BCUT2D eigenvalue weighted by Crippen LogP contribution is 2.28. The van der Waals surface area contributed by atoms with Gasteiger partial charge in [0, 0.05) is 24.0 Å². The molecule has 4 heteroatoms. The summed E-state index contributed by atoms with van der Waals surface area (Å²) in [7, 11) is 0. The molecule has 0 amide bonds. The Bertz CT molecular complexity index is 466. The van der Waals surface area contributed by atoms with Crippen molar-refractivity contribution in [3.8, 4) is 0 Å². The quantitative estimate of drug-likeness (QED) is 0.921. The minimum absolute atomic E-state index is 0.323. The first-order valence-corrected chi connectivity index (χ1v) is 7.68. The summed E-state index contributed by atoms with van der Waals surface area (Å²) in [6.07, 6.45) is 2.72. The lowest BCUT2D eigenvalue weighted by atomic mass is 9.87. The van der Waals surface area contributed by atoms with Gasteiger partial charge in [0.05, 0.1) is 5.60 Å². The Morgan fingerprint density at radius 3 is 2.75 bits per heavy atom. The van der Waals surface area contributed by atoms with E-state index in [0.717, 1.165) is 25.9 Å². The zero-order chi connectivity index (χ0) is 14.8. The zero-order valence-corrected chi connectivity index (χ0v) is 13.0. The summed E-state index contributed by atoms with van der Waals surface area (Å²) in [6, 6.07) is 5.17. The SMILES string of the molecule is CC(C)N1CCCC(O)(Cc2ccc(Cl)cc2F)CC1. The molecule has 1 fully saturated rings. The van der Waals surface area contributed by atoms with E-state index in [0.29, 0.717) is 29.5 Å². The summed E-state index contributed by atoms with van der Waals surface area (Å²) in [5, 5.41) is 11.2. The topological polar surface area (TPSA) is 23.5 Å². The monoisotopic (exact) mass is 299 g/mol. The maximum Gasteiger partial charge on any atom is 0.127 e. The van der Waals surface area contributed by atoms with Crippen molar-refractivity contribution in [2.75, 3.05) is 13.1 Å². The van der Waals surface area contributed by atoms with Crippen molar-refractivity contribution >= 4 is 11.6 Å². The molecule has 0 radical (unpaired) electrons. The first kappa shape index (κ1) is 15.7. The van der Waals surface area contributed by atoms with Crippen LogP contribution in [0.4, 0.5) is 4.39 Å². The summed E-state index contributed by atoms with van der Waals surface area (Å²) >= 11 is 5.77. The van der Waals surface area contributed by atoms with Gasteiger partial charge in [-0.2, -0.15) is 0 Å².